The molecule has 1 N–H and O–H groups in total. The highest BCUT2D eigenvalue weighted by Crippen LogP contribution is 2.35. The smallest absolute Gasteiger partial charge is 0.126 e. The van der Waals surface area contributed by atoms with Crippen molar-refractivity contribution in [3.8, 4) is 0 Å². The summed E-state index contributed by atoms with van der Waals surface area (Å²) in [4.78, 5) is 4.14. The molecule has 0 aliphatic carbocycles. The van der Waals surface area contributed by atoms with Gasteiger partial charge in [-0.25, -0.2) is 4.39 Å². The van der Waals surface area contributed by atoms with Crippen molar-refractivity contribution < 1.29 is 9.50 Å². The zero-order valence-electron chi connectivity index (χ0n) is 9.88. The quantitative estimate of drug-likeness (QED) is 0.843. The van der Waals surface area contributed by atoms with Gasteiger partial charge in [-0.2, -0.15) is 0 Å². The van der Waals surface area contributed by atoms with E-state index in [1.807, 2.05) is 6.92 Å². The number of pyridine rings is 1. The second-order valence-corrected chi connectivity index (χ2v) is 5.06. The van der Waals surface area contributed by atoms with E-state index in [0.29, 0.717) is 16.5 Å². The van der Waals surface area contributed by atoms with Crippen molar-refractivity contribution in [1.82, 2.24) is 4.98 Å². The first-order valence-electron chi connectivity index (χ1n) is 5.28. The fourth-order valence-electron chi connectivity index (χ4n) is 2.13. The van der Waals surface area contributed by atoms with Crippen LogP contribution < -0.4 is 0 Å². The van der Waals surface area contributed by atoms with E-state index in [1.165, 1.54) is 12.1 Å². The number of aliphatic hydroxyl groups is 1. The Kier molecular flexibility index (Phi) is 2.84. The van der Waals surface area contributed by atoms with Crippen LogP contribution in [0.25, 0.3) is 10.9 Å². The second kappa shape index (κ2) is 3.93. The number of hydrogen-bond donors (Lipinski definition) is 1. The van der Waals surface area contributed by atoms with Gasteiger partial charge in [-0.3, -0.25) is 4.98 Å². The molecule has 0 unspecified atom stereocenters. The Balaban J connectivity index is 2.95. The molecule has 2 rings (SSSR count). The van der Waals surface area contributed by atoms with Crippen LogP contribution in [0.5, 0.6) is 0 Å². The van der Waals surface area contributed by atoms with E-state index >= 15 is 0 Å². The molecule has 0 fully saturated rings. The minimum Gasteiger partial charge on any atom is -0.386 e. The van der Waals surface area contributed by atoms with E-state index in [2.05, 4.69) is 4.98 Å². The fourth-order valence-corrected chi connectivity index (χ4v) is 2.42. The molecule has 17 heavy (non-hydrogen) atoms. The molecule has 0 atom stereocenters. The molecule has 0 saturated heterocycles. The Morgan fingerprint density at radius 1 is 1.35 bits per heavy atom. The van der Waals surface area contributed by atoms with E-state index in [4.69, 9.17) is 11.6 Å². The summed E-state index contributed by atoms with van der Waals surface area (Å²) in [6.45, 7) is 5.20. The van der Waals surface area contributed by atoms with E-state index in [9.17, 15) is 9.50 Å². The molecule has 0 amide bonds. The Morgan fingerprint density at radius 2 is 2.00 bits per heavy atom. The first kappa shape index (κ1) is 12.3. The number of hydrogen-bond acceptors (Lipinski definition) is 2. The molecule has 0 aliphatic heterocycles. The molecule has 1 heterocycles. The van der Waals surface area contributed by atoms with E-state index < -0.39 is 11.4 Å². The molecule has 0 radical (unpaired) electrons. The lowest BCUT2D eigenvalue weighted by Crippen LogP contribution is -2.18. The zero-order chi connectivity index (χ0) is 12.8. The van der Waals surface area contributed by atoms with Crippen LogP contribution in [-0.4, -0.2) is 10.1 Å². The summed E-state index contributed by atoms with van der Waals surface area (Å²) in [7, 11) is 0. The number of fused-ring (bicyclic) bond motifs is 1. The topological polar surface area (TPSA) is 33.1 Å². The highest BCUT2D eigenvalue weighted by molar-refractivity contribution is 6.35. The van der Waals surface area contributed by atoms with E-state index in [0.717, 1.165) is 5.56 Å². The predicted molar refractivity (Wildman–Crippen MR) is 66.7 cm³/mol. The van der Waals surface area contributed by atoms with Crippen LogP contribution in [0, 0.1) is 12.7 Å². The summed E-state index contributed by atoms with van der Waals surface area (Å²) in [5, 5.41) is 11.1. The van der Waals surface area contributed by atoms with Crippen LogP contribution in [0.3, 0.4) is 0 Å². The van der Waals surface area contributed by atoms with Gasteiger partial charge < -0.3 is 5.11 Å². The molecule has 2 nitrogen and oxygen atoms in total. The van der Waals surface area contributed by atoms with Gasteiger partial charge in [0.1, 0.15) is 5.82 Å². The molecule has 0 aliphatic rings. The van der Waals surface area contributed by atoms with Gasteiger partial charge in [0.25, 0.3) is 0 Å². The summed E-state index contributed by atoms with van der Waals surface area (Å²) >= 11 is 6.05. The molecule has 1 aromatic carbocycles. The SMILES string of the molecule is Cc1cnc2cc(F)cc(Cl)c2c1C(C)(C)O. The maximum atomic E-state index is 13.2. The van der Waals surface area contributed by atoms with Crippen molar-refractivity contribution in [3.05, 3.63) is 40.3 Å². The standard InChI is InChI=1S/C13H13ClFNO/c1-7-6-16-10-5-8(15)4-9(14)11(10)12(7)13(2,3)17/h4-6,17H,1-3H3. The number of aryl methyl sites for hydroxylation is 1. The highest BCUT2D eigenvalue weighted by Gasteiger charge is 2.23. The summed E-state index contributed by atoms with van der Waals surface area (Å²) in [6.07, 6.45) is 1.62. The van der Waals surface area contributed by atoms with Crippen molar-refractivity contribution in [2.75, 3.05) is 0 Å². The van der Waals surface area contributed by atoms with Crippen LogP contribution in [0.2, 0.25) is 5.02 Å². The Hall–Kier alpha value is -1.19. The minimum atomic E-state index is -1.05. The van der Waals surface area contributed by atoms with Gasteiger partial charge >= 0.3 is 0 Å². The average Bonchev–Trinajstić information content (AvgIpc) is 2.16. The van der Waals surface area contributed by atoms with Gasteiger partial charge in [0.15, 0.2) is 0 Å². The maximum absolute atomic E-state index is 13.2. The Morgan fingerprint density at radius 3 is 2.59 bits per heavy atom. The number of benzene rings is 1. The molecule has 90 valence electrons. The van der Waals surface area contributed by atoms with Gasteiger partial charge in [-0.05, 0) is 38.0 Å². The van der Waals surface area contributed by atoms with Crippen LogP contribution in [0.1, 0.15) is 25.0 Å². The van der Waals surface area contributed by atoms with Crippen LogP contribution in [0.15, 0.2) is 18.3 Å². The van der Waals surface area contributed by atoms with Crippen molar-refractivity contribution in [1.29, 1.82) is 0 Å². The molecule has 0 spiro atoms. The average molecular weight is 254 g/mol. The lowest BCUT2D eigenvalue weighted by molar-refractivity contribution is 0.0795. The first-order chi connectivity index (χ1) is 7.80. The minimum absolute atomic E-state index is 0.272. The van der Waals surface area contributed by atoms with Crippen molar-refractivity contribution in [2.24, 2.45) is 0 Å². The largest absolute Gasteiger partial charge is 0.386 e. The van der Waals surface area contributed by atoms with E-state index in [-0.39, 0.29) is 5.02 Å². The normalized spacial score (nSPS) is 12.1. The van der Waals surface area contributed by atoms with Crippen LogP contribution >= 0.6 is 11.6 Å². The monoisotopic (exact) mass is 253 g/mol. The molecular formula is C13H13ClFNO. The van der Waals surface area contributed by atoms with Gasteiger partial charge in [0, 0.05) is 17.6 Å². The van der Waals surface area contributed by atoms with Crippen molar-refractivity contribution in [3.63, 3.8) is 0 Å². The van der Waals surface area contributed by atoms with E-state index in [1.54, 1.807) is 20.0 Å². The summed E-state index contributed by atoms with van der Waals surface area (Å²) in [5.41, 5.74) is 0.927. The maximum Gasteiger partial charge on any atom is 0.126 e. The third kappa shape index (κ3) is 2.13. The fraction of sp³-hybridized carbons (Fsp3) is 0.308. The number of aromatic nitrogens is 1. The van der Waals surface area contributed by atoms with Gasteiger partial charge in [-0.15, -0.1) is 0 Å². The lowest BCUT2D eigenvalue weighted by Gasteiger charge is -2.22. The predicted octanol–water partition coefficient (Wildman–Crippen LogP) is 3.56. The summed E-state index contributed by atoms with van der Waals surface area (Å²) in [5.74, 6) is -0.430. The molecule has 4 heteroatoms. The number of rotatable bonds is 1. The molecule has 2 aromatic rings. The molecule has 0 saturated carbocycles. The number of halogens is 2. The number of nitrogens with zero attached hydrogens (tertiary/aromatic N) is 1. The molecular weight excluding hydrogens is 241 g/mol. The Bertz CT molecular complexity index is 590. The van der Waals surface area contributed by atoms with Crippen LogP contribution in [-0.2, 0) is 5.60 Å². The molecule has 0 bridgehead atoms. The van der Waals surface area contributed by atoms with Crippen LogP contribution in [0.4, 0.5) is 4.39 Å². The Labute approximate surface area is 104 Å². The van der Waals surface area contributed by atoms with Crippen molar-refractivity contribution >= 4 is 22.5 Å². The summed E-state index contributed by atoms with van der Waals surface area (Å²) in [6, 6.07) is 2.55. The summed E-state index contributed by atoms with van der Waals surface area (Å²) < 4.78 is 13.2. The molecule has 1 aromatic heterocycles. The van der Waals surface area contributed by atoms with Gasteiger partial charge in [-0.1, -0.05) is 11.6 Å². The third-order valence-corrected chi connectivity index (χ3v) is 2.99. The lowest BCUT2D eigenvalue weighted by atomic mass is 9.91. The second-order valence-electron chi connectivity index (χ2n) is 4.66. The van der Waals surface area contributed by atoms with Gasteiger partial charge in [0.05, 0.1) is 16.1 Å². The van der Waals surface area contributed by atoms with Crippen molar-refractivity contribution in [2.45, 2.75) is 26.4 Å². The zero-order valence-corrected chi connectivity index (χ0v) is 10.6. The first-order valence-corrected chi connectivity index (χ1v) is 5.65. The highest BCUT2D eigenvalue weighted by atomic mass is 35.5. The third-order valence-electron chi connectivity index (χ3n) is 2.69. The van der Waals surface area contributed by atoms with Gasteiger partial charge in [0.2, 0.25) is 0 Å².